The quantitative estimate of drug-likeness (QED) is 0.686. The average molecular weight is 409 g/mol. The molecule has 0 fully saturated rings. The van der Waals surface area contributed by atoms with Crippen molar-refractivity contribution in [2.45, 2.75) is 13.3 Å². The number of carbonyl (C=O) groups is 3. The number of nitrogens with one attached hydrogen (secondary N) is 2. The number of esters is 1. The molecule has 0 aromatic heterocycles. The summed E-state index contributed by atoms with van der Waals surface area (Å²) < 4.78 is 4.89. The van der Waals surface area contributed by atoms with E-state index in [0.717, 1.165) is 12.0 Å². The number of carbonyl (C=O) groups excluding carboxylic acids is 3. The molecule has 8 heteroatoms. The standard InChI is InChI=1S/C19H18Cl2N2O4/c1-2-12-6-3-4-9-15(12)23-16(24)10-22-17(25)11-27-19(26)18-13(20)7-5-8-14(18)21/h3-9H,2,10-11H2,1H3,(H,22,25)(H,23,24). The van der Waals surface area contributed by atoms with Crippen LogP contribution in [-0.4, -0.2) is 30.9 Å². The van der Waals surface area contributed by atoms with Gasteiger partial charge in [-0.1, -0.05) is 54.4 Å². The van der Waals surface area contributed by atoms with Gasteiger partial charge in [0.25, 0.3) is 5.91 Å². The van der Waals surface area contributed by atoms with Gasteiger partial charge < -0.3 is 15.4 Å². The molecule has 6 nitrogen and oxygen atoms in total. The van der Waals surface area contributed by atoms with Crippen LogP contribution in [0.3, 0.4) is 0 Å². The van der Waals surface area contributed by atoms with E-state index in [1.54, 1.807) is 12.1 Å². The highest BCUT2D eigenvalue weighted by atomic mass is 35.5. The second-order valence-corrected chi connectivity index (χ2v) is 6.32. The molecule has 2 aromatic rings. The Bertz CT molecular complexity index is 835. The summed E-state index contributed by atoms with van der Waals surface area (Å²) in [4.78, 5) is 35.8. The molecule has 27 heavy (non-hydrogen) atoms. The van der Waals surface area contributed by atoms with E-state index in [4.69, 9.17) is 27.9 Å². The summed E-state index contributed by atoms with van der Waals surface area (Å²) in [5, 5.41) is 5.36. The van der Waals surface area contributed by atoms with Crippen molar-refractivity contribution in [3.05, 3.63) is 63.6 Å². The molecule has 0 radical (unpaired) electrons. The monoisotopic (exact) mass is 408 g/mol. The molecule has 0 aliphatic carbocycles. The molecule has 0 saturated heterocycles. The highest BCUT2D eigenvalue weighted by Gasteiger charge is 2.17. The summed E-state index contributed by atoms with van der Waals surface area (Å²) in [6.07, 6.45) is 0.767. The van der Waals surface area contributed by atoms with Gasteiger partial charge in [0, 0.05) is 5.69 Å². The van der Waals surface area contributed by atoms with Gasteiger partial charge in [-0.25, -0.2) is 4.79 Å². The number of ether oxygens (including phenoxy) is 1. The lowest BCUT2D eigenvalue weighted by molar-refractivity contribution is -0.126. The summed E-state index contributed by atoms with van der Waals surface area (Å²) in [6, 6.07) is 12.0. The summed E-state index contributed by atoms with van der Waals surface area (Å²) in [6.45, 7) is 1.17. The minimum atomic E-state index is -0.818. The molecular formula is C19H18Cl2N2O4. The van der Waals surface area contributed by atoms with E-state index in [0.29, 0.717) is 5.69 Å². The number of aryl methyl sites for hydroxylation is 1. The number of halogens is 2. The van der Waals surface area contributed by atoms with Gasteiger partial charge in [0.2, 0.25) is 5.91 Å². The van der Waals surface area contributed by atoms with Crippen molar-refractivity contribution in [2.75, 3.05) is 18.5 Å². The minimum Gasteiger partial charge on any atom is -0.452 e. The van der Waals surface area contributed by atoms with Gasteiger partial charge in [0.1, 0.15) is 0 Å². The van der Waals surface area contributed by atoms with E-state index in [1.165, 1.54) is 12.1 Å². The first-order valence-electron chi connectivity index (χ1n) is 8.18. The van der Waals surface area contributed by atoms with Crippen LogP contribution < -0.4 is 10.6 Å². The van der Waals surface area contributed by atoms with Crippen molar-refractivity contribution >= 4 is 46.7 Å². The average Bonchev–Trinajstić information content (AvgIpc) is 2.65. The molecule has 0 unspecified atom stereocenters. The number of rotatable bonds is 7. The van der Waals surface area contributed by atoms with Crippen LogP contribution in [0.5, 0.6) is 0 Å². The summed E-state index contributed by atoms with van der Waals surface area (Å²) in [7, 11) is 0. The maximum Gasteiger partial charge on any atom is 0.341 e. The normalized spacial score (nSPS) is 10.2. The number of hydrogen-bond acceptors (Lipinski definition) is 4. The molecule has 0 spiro atoms. The van der Waals surface area contributed by atoms with Crippen molar-refractivity contribution in [3.63, 3.8) is 0 Å². The predicted octanol–water partition coefficient (Wildman–Crippen LogP) is 3.47. The van der Waals surface area contributed by atoms with Gasteiger partial charge in [-0.2, -0.15) is 0 Å². The Morgan fingerprint density at radius 1 is 0.963 bits per heavy atom. The van der Waals surface area contributed by atoms with Gasteiger partial charge in [0.05, 0.1) is 22.2 Å². The minimum absolute atomic E-state index is 0.0115. The molecule has 0 aliphatic rings. The lowest BCUT2D eigenvalue weighted by Gasteiger charge is -2.11. The Balaban J connectivity index is 1.80. The van der Waals surface area contributed by atoms with Crippen molar-refractivity contribution in [2.24, 2.45) is 0 Å². The number of para-hydroxylation sites is 1. The van der Waals surface area contributed by atoms with Crippen LogP contribution in [-0.2, 0) is 20.7 Å². The first-order valence-corrected chi connectivity index (χ1v) is 8.93. The van der Waals surface area contributed by atoms with Crippen LogP contribution >= 0.6 is 23.2 Å². The van der Waals surface area contributed by atoms with Crippen LogP contribution in [0.25, 0.3) is 0 Å². The largest absolute Gasteiger partial charge is 0.452 e. The van der Waals surface area contributed by atoms with Crippen molar-refractivity contribution in [3.8, 4) is 0 Å². The van der Waals surface area contributed by atoms with Crippen molar-refractivity contribution < 1.29 is 19.1 Å². The van der Waals surface area contributed by atoms with Gasteiger partial charge in [-0.3, -0.25) is 9.59 Å². The number of anilines is 1. The van der Waals surface area contributed by atoms with E-state index in [-0.39, 0.29) is 28.1 Å². The molecular weight excluding hydrogens is 391 g/mol. The van der Waals surface area contributed by atoms with Crippen molar-refractivity contribution in [1.29, 1.82) is 0 Å². The predicted molar refractivity (Wildman–Crippen MR) is 104 cm³/mol. The van der Waals surface area contributed by atoms with E-state index in [1.807, 2.05) is 25.1 Å². The SMILES string of the molecule is CCc1ccccc1NC(=O)CNC(=O)COC(=O)c1c(Cl)cccc1Cl. The second-order valence-electron chi connectivity index (χ2n) is 5.51. The summed E-state index contributed by atoms with van der Waals surface area (Å²) >= 11 is 11.8. The molecule has 0 atom stereocenters. The van der Waals surface area contributed by atoms with Gasteiger partial charge in [-0.15, -0.1) is 0 Å². The van der Waals surface area contributed by atoms with E-state index in [2.05, 4.69) is 10.6 Å². The fourth-order valence-electron chi connectivity index (χ4n) is 2.27. The Morgan fingerprint density at radius 3 is 2.30 bits per heavy atom. The fraction of sp³-hybridized carbons (Fsp3) is 0.211. The van der Waals surface area contributed by atoms with Crippen molar-refractivity contribution in [1.82, 2.24) is 5.32 Å². The first-order chi connectivity index (χ1) is 12.9. The third kappa shape index (κ3) is 5.98. The number of amides is 2. The molecule has 2 aromatic carbocycles. The molecule has 2 N–H and O–H groups in total. The van der Waals surface area contributed by atoms with Crippen LogP contribution in [0, 0.1) is 0 Å². The lowest BCUT2D eigenvalue weighted by atomic mass is 10.1. The van der Waals surface area contributed by atoms with Crippen LogP contribution in [0.4, 0.5) is 5.69 Å². The Kier molecular flexibility index (Phi) is 7.64. The lowest BCUT2D eigenvalue weighted by Crippen LogP contribution is -2.35. The highest BCUT2D eigenvalue weighted by molar-refractivity contribution is 6.39. The Hall–Kier alpha value is -2.57. The zero-order valence-electron chi connectivity index (χ0n) is 14.6. The van der Waals surface area contributed by atoms with Crippen LogP contribution in [0.1, 0.15) is 22.8 Å². The summed E-state index contributed by atoms with van der Waals surface area (Å²) in [5.74, 6) is -1.82. The zero-order valence-corrected chi connectivity index (χ0v) is 16.1. The van der Waals surface area contributed by atoms with Gasteiger partial charge in [-0.05, 0) is 30.2 Å². The molecule has 142 valence electrons. The fourth-order valence-corrected chi connectivity index (χ4v) is 2.82. The second kappa shape index (κ2) is 9.94. The molecule has 2 amide bonds. The smallest absolute Gasteiger partial charge is 0.341 e. The van der Waals surface area contributed by atoms with E-state index in [9.17, 15) is 14.4 Å². The molecule has 0 aliphatic heterocycles. The Labute approximate surface area is 166 Å². The molecule has 2 rings (SSSR count). The molecule has 0 heterocycles. The topological polar surface area (TPSA) is 84.5 Å². The number of benzene rings is 2. The molecule has 0 saturated carbocycles. The van der Waals surface area contributed by atoms with Crippen LogP contribution in [0.2, 0.25) is 10.0 Å². The van der Waals surface area contributed by atoms with E-state index < -0.39 is 18.5 Å². The maximum absolute atomic E-state index is 12.0. The number of hydrogen-bond donors (Lipinski definition) is 2. The molecule has 0 bridgehead atoms. The maximum atomic E-state index is 12.0. The summed E-state index contributed by atoms with van der Waals surface area (Å²) in [5.41, 5.74) is 1.67. The third-order valence-electron chi connectivity index (χ3n) is 3.62. The first kappa shape index (κ1) is 20.7. The van der Waals surface area contributed by atoms with Gasteiger partial charge in [0.15, 0.2) is 6.61 Å². The zero-order chi connectivity index (χ0) is 19.8. The highest BCUT2D eigenvalue weighted by Crippen LogP contribution is 2.24. The third-order valence-corrected chi connectivity index (χ3v) is 4.25. The van der Waals surface area contributed by atoms with Crippen LogP contribution in [0.15, 0.2) is 42.5 Å². The van der Waals surface area contributed by atoms with E-state index >= 15 is 0 Å². The van der Waals surface area contributed by atoms with Gasteiger partial charge >= 0.3 is 5.97 Å². The Morgan fingerprint density at radius 2 is 1.63 bits per heavy atom.